The zero-order valence-electron chi connectivity index (χ0n) is 15.7. The lowest BCUT2D eigenvalue weighted by Crippen LogP contribution is -2.45. The Morgan fingerprint density at radius 3 is 1.47 bits per heavy atom. The third-order valence-electron chi connectivity index (χ3n) is 4.51. The van der Waals surface area contributed by atoms with Crippen molar-refractivity contribution in [2.24, 2.45) is 0 Å². The largest absolute Gasteiger partial charge is 0.346 e. The molecule has 0 spiro atoms. The highest BCUT2D eigenvalue weighted by Gasteiger charge is 2.58. The van der Waals surface area contributed by atoms with E-state index in [1.807, 2.05) is 0 Å². The number of methoxy groups -OCH3 is 1. The van der Waals surface area contributed by atoms with Crippen LogP contribution in [0.2, 0.25) is 0 Å². The normalized spacial score (nSPS) is 12.4. The Hall–Kier alpha value is -3.08. The fourth-order valence-electron chi connectivity index (χ4n) is 3.09. The average Bonchev–Trinajstić information content (AvgIpc) is 2.76. The van der Waals surface area contributed by atoms with E-state index in [1.165, 1.54) is 48.5 Å². The monoisotopic (exact) mass is 447 g/mol. The van der Waals surface area contributed by atoms with Crippen LogP contribution in [0, 0.1) is 10.1 Å². The summed E-state index contributed by atoms with van der Waals surface area (Å²) in [6, 6.07) is 18.2. The fourth-order valence-corrected chi connectivity index (χ4v) is 7.80. The van der Waals surface area contributed by atoms with Gasteiger partial charge in [-0.2, -0.15) is 0 Å². The molecule has 0 aliphatic rings. The van der Waals surface area contributed by atoms with Crippen LogP contribution in [0.4, 0.5) is 5.69 Å². The molecule has 0 aliphatic carbocycles. The summed E-state index contributed by atoms with van der Waals surface area (Å²) < 4.78 is 57.2. The fraction of sp³-hybridized carbons (Fsp3) is 0.100. The highest BCUT2D eigenvalue weighted by Crippen LogP contribution is 2.44. The third kappa shape index (κ3) is 3.28. The second-order valence-corrected chi connectivity index (χ2v) is 10.6. The first-order valence-electron chi connectivity index (χ1n) is 8.58. The van der Waals surface area contributed by atoms with E-state index in [0.717, 1.165) is 31.4 Å². The SMILES string of the molecule is COC(c1ccc([N+](=O)[O-])cc1)(S(=O)(=O)c1ccccc1)S(=O)(=O)c1ccccc1. The molecule has 0 heterocycles. The molecular weight excluding hydrogens is 430 g/mol. The molecule has 0 amide bonds. The molecule has 10 heteroatoms. The zero-order chi connectivity index (χ0) is 22.0. The molecule has 3 aromatic carbocycles. The van der Waals surface area contributed by atoms with Crippen molar-refractivity contribution in [2.45, 2.75) is 14.1 Å². The number of non-ortho nitro benzene ring substituents is 1. The predicted molar refractivity (Wildman–Crippen MR) is 109 cm³/mol. The van der Waals surface area contributed by atoms with Crippen molar-refractivity contribution in [3.8, 4) is 0 Å². The Bertz CT molecular complexity index is 1190. The minimum atomic E-state index is -4.68. The van der Waals surface area contributed by atoms with Gasteiger partial charge in [0.25, 0.3) is 5.69 Å². The van der Waals surface area contributed by atoms with Crippen molar-refractivity contribution in [1.82, 2.24) is 0 Å². The van der Waals surface area contributed by atoms with Crippen LogP contribution in [0.1, 0.15) is 5.56 Å². The summed E-state index contributed by atoms with van der Waals surface area (Å²) >= 11 is 0. The lowest BCUT2D eigenvalue weighted by molar-refractivity contribution is -0.384. The molecule has 0 aliphatic heterocycles. The summed E-state index contributed by atoms with van der Waals surface area (Å²) in [6.07, 6.45) is 0. The lowest BCUT2D eigenvalue weighted by atomic mass is 10.2. The van der Waals surface area contributed by atoms with Crippen LogP contribution in [-0.4, -0.2) is 28.9 Å². The van der Waals surface area contributed by atoms with Gasteiger partial charge < -0.3 is 4.74 Å². The topological polar surface area (TPSA) is 121 Å². The van der Waals surface area contributed by atoms with Gasteiger partial charge in [-0.25, -0.2) is 16.8 Å². The van der Waals surface area contributed by atoms with Crippen LogP contribution in [-0.2, 0) is 28.7 Å². The van der Waals surface area contributed by atoms with Crippen LogP contribution in [0.15, 0.2) is 94.7 Å². The molecule has 30 heavy (non-hydrogen) atoms. The quantitative estimate of drug-likeness (QED) is 0.402. The van der Waals surface area contributed by atoms with Gasteiger partial charge in [0.05, 0.1) is 14.7 Å². The van der Waals surface area contributed by atoms with Gasteiger partial charge in [-0.15, -0.1) is 0 Å². The lowest BCUT2D eigenvalue weighted by Gasteiger charge is -2.32. The molecule has 0 atom stereocenters. The molecular formula is C20H17NO7S2. The summed E-state index contributed by atoms with van der Waals surface area (Å²) in [5, 5.41) is 11.0. The van der Waals surface area contributed by atoms with Gasteiger partial charge in [0.1, 0.15) is 0 Å². The van der Waals surface area contributed by atoms with Gasteiger partial charge in [-0.3, -0.25) is 10.1 Å². The molecule has 156 valence electrons. The number of benzene rings is 3. The molecule has 8 nitrogen and oxygen atoms in total. The van der Waals surface area contributed by atoms with E-state index in [9.17, 15) is 26.9 Å². The van der Waals surface area contributed by atoms with E-state index in [1.54, 1.807) is 12.1 Å². The van der Waals surface area contributed by atoms with Gasteiger partial charge >= 0.3 is 4.27 Å². The minimum absolute atomic E-state index is 0.273. The van der Waals surface area contributed by atoms with Gasteiger partial charge in [-0.05, 0) is 36.4 Å². The van der Waals surface area contributed by atoms with Gasteiger partial charge in [0.15, 0.2) is 0 Å². The standard InChI is InChI=1S/C20H17NO7S2/c1-28-20(16-12-14-17(15-13-16)21(22)23,29(24,25)18-8-4-2-5-9-18)30(26,27)19-10-6-3-7-11-19/h2-15H,1H3. The number of nitrogens with zero attached hydrogens (tertiary/aromatic N) is 1. The van der Waals surface area contributed by atoms with Crippen LogP contribution in [0.25, 0.3) is 0 Å². The smallest absolute Gasteiger partial charge is 0.305 e. The van der Waals surface area contributed by atoms with E-state index >= 15 is 0 Å². The maximum atomic E-state index is 13.7. The van der Waals surface area contributed by atoms with Crippen molar-refractivity contribution in [2.75, 3.05) is 7.11 Å². The van der Waals surface area contributed by atoms with Crippen LogP contribution >= 0.6 is 0 Å². The maximum absolute atomic E-state index is 13.7. The Morgan fingerprint density at radius 1 is 0.733 bits per heavy atom. The maximum Gasteiger partial charge on any atom is 0.305 e. The Kier molecular flexibility index (Phi) is 5.75. The number of nitro groups is 1. The molecule has 0 unspecified atom stereocenters. The van der Waals surface area contributed by atoms with Crippen molar-refractivity contribution in [3.63, 3.8) is 0 Å². The highest BCUT2D eigenvalue weighted by molar-refractivity contribution is 8.09. The molecule has 0 radical (unpaired) electrons. The molecule has 0 saturated carbocycles. The summed E-state index contributed by atoms with van der Waals surface area (Å²) in [5.74, 6) is 0. The molecule has 3 rings (SSSR count). The second-order valence-electron chi connectivity index (χ2n) is 6.20. The van der Waals surface area contributed by atoms with Gasteiger partial charge in [0, 0.05) is 24.8 Å². The Labute approximate surface area is 173 Å². The van der Waals surface area contributed by atoms with E-state index in [-0.39, 0.29) is 21.0 Å². The zero-order valence-corrected chi connectivity index (χ0v) is 17.3. The van der Waals surface area contributed by atoms with Crippen molar-refractivity contribution in [3.05, 3.63) is 101 Å². The van der Waals surface area contributed by atoms with Crippen molar-refractivity contribution in [1.29, 1.82) is 0 Å². The number of ether oxygens (including phenoxy) is 1. The van der Waals surface area contributed by atoms with Gasteiger partial charge in [-0.1, -0.05) is 36.4 Å². The first-order valence-corrected chi connectivity index (χ1v) is 11.5. The van der Waals surface area contributed by atoms with Crippen molar-refractivity contribution < 1.29 is 26.5 Å². The number of sulfone groups is 2. The van der Waals surface area contributed by atoms with Crippen LogP contribution in [0.5, 0.6) is 0 Å². The van der Waals surface area contributed by atoms with Crippen molar-refractivity contribution >= 4 is 25.4 Å². The number of hydrogen-bond acceptors (Lipinski definition) is 7. The third-order valence-corrected chi connectivity index (χ3v) is 9.84. The molecule has 0 saturated heterocycles. The number of rotatable bonds is 7. The minimum Gasteiger partial charge on any atom is -0.346 e. The molecule has 3 aromatic rings. The van der Waals surface area contributed by atoms with E-state index in [0.29, 0.717) is 0 Å². The van der Waals surface area contributed by atoms with Crippen LogP contribution < -0.4 is 0 Å². The summed E-state index contributed by atoms with van der Waals surface area (Å²) in [5.41, 5.74) is -0.596. The molecule has 0 N–H and O–H groups in total. The number of nitro benzene ring substituents is 1. The average molecular weight is 447 g/mol. The predicted octanol–water partition coefficient (Wildman–Crippen LogP) is 3.30. The summed E-state index contributed by atoms with van der Waals surface area (Å²) in [4.78, 5) is 9.79. The first-order chi connectivity index (χ1) is 14.2. The first kappa shape index (κ1) is 21.6. The Morgan fingerprint density at radius 2 is 1.13 bits per heavy atom. The highest BCUT2D eigenvalue weighted by atomic mass is 32.3. The molecule has 0 bridgehead atoms. The molecule has 0 fully saturated rings. The number of hydrogen-bond donors (Lipinski definition) is 0. The Balaban J connectivity index is 2.40. The summed E-state index contributed by atoms with van der Waals surface area (Å²) in [6.45, 7) is 0. The summed E-state index contributed by atoms with van der Waals surface area (Å²) in [7, 11) is -8.39. The van der Waals surface area contributed by atoms with Crippen LogP contribution in [0.3, 0.4) is 0 Å². The van der Waals surface area contributed by atoms with E-state index < -0.39 is 28.9 Å². The molecule has 0 aromatic heterocycles. The van der Waals surface area contributed by atoms with E-state index in [4.69, 9.17) is 4.74 Å². The van der Waals surface area contributed by atoms with Gasteiger partial charge in [0.2, 0.25) is 19.7 Å². The second kappa shape index (κ2) is 7.98. The van der Waals surface area contributed by atoms with E-state index in [2.05, 4.69) is 0 Å².